The van der Waals surface area contributed by atoms with Gasteiger partial charge in [0, 0.05) is 19.6 Å². The molecular weight excluding hydrogens is 350 g/mol. The van der Waals surface area contributed by atoms with Crippen LogP contribution in [0, 0.1) is 5.92 Å². The van der Waals surface area contributed by atoms with Crippen molar-refractivity contribution in [1.82, 2.24) is 14.9 Å². The van der Waals surface area contributed by atoms with E-state index in [0.29, 0.717) is 38.8 Å². The molecule has 2 aliphatic heterocycles. The highest BCUT2D eigenvalue weighted by molar-refractivity contribution is 7.89. The van der Waals surface area contributed by atoms with Gasteiger partial charge in [-0.1, -0.05) is 0 Å². The lowest BCUT2D eigenvalue weighted by Crippen LogP contribution is -2.41. The third-order valence-electron chi connectivity index (χ3n) is 4.37. The number of rotatable bonds is 5. The van der Waals surface area contributed by atoms with Crippen molar-refractivity contribution in [2.45, 2.75) is 17.7 Å². The number of piperidine rings is 1. The molecule has 2 aliphatic rings. The molecule has 2 N–H and O–H groups in total. The molecule has 1 amide bonds. The van der Waals surface area contributed by atoms with Crippen LogP contribution in [-0.2, 0) is 14.8 Å². The number of nitrogens with zero attached hydrogens (tertiary/aromatic N) is 1. The maximum Gasteiger partial charge on any atom is 0.262 e. The normalized spacial score (nSPS) is 23.1. The maximum atomic E-state index is 12.8. The summed E-state index contributed by atoms with van der Waals surface area (Å²) in [5, 5.41) is 7.86. The summed E-state index contributed by atoms with van der Waals surface area (Å²) in [4.78, 5) is 12.8. The van der Waals surface area contributed by atoms with Gasteiger partial charge in [-0.15, -0.1) is 11.3 Å². The monoisotopic (exact) mass is 373 g/mol. The molecule has 1 aromatic heterocycles. The number of nitrogens with one attached hydrogen (secondary N) is 2. The number of ether oxygens (including phenoxy) is 1. The van der Waals surface area contributed by atoms with E-state index in [1.807, 2.05) is 0 Å². The zero-order chi connectivity index (χ0) is 17.0. The van der Waals surface area contributed by atoms with Gasteiger partial charge >= 0.3 is 0 Å². The van der Waals surface area contributed by atoms with E-state index in [9.17, 15) is 13.2 Å². The summed E-state index contributed by atoms with van der Waals surface area (Å²) in [6, 6.07) is 1.52. The highest BCUT2D eigenvalue weighted by atomic mass is 32.2. The van der Waals surface area contributed by atoms with Gasteiger partial charge in [0.2, 0.25) is 10.0 Å². The first-order valence-corrected chi connectivity index (χ1v) is 10.6. The largest absolute Gasteiger partial charge is 0.379 e. The molecule has 0 radical (unpaired) electrons. The molecule has 2 fully saturated rings. The lowest BCUT2D eigenvalue weighted by atomic mass is 10.00. The van der Waals surface area contributed by atoms with Gasteiger partial charge in [-0.25, -0.2) is 8.42 Å². The Balaban J connectivity index is 1.68. The quantitative estimate of drug-likeness (QED) is 0.785. The van der Waals surface area contributed by atoms with Crippen molar-refractivity contribution in [3.05, 3.63) is 16.3 Å². The summed E-state index contributed by atoms with van der Waals surface area (Å²) < 4.78 is 32.1. The van der Waals surface area contributed by atoms with E-state index in [1.54, 1.807) is 5.38 Å². The van der Waals surface area contributed by atoms with Gasteiger partial charge in [0.25, 0.3) is 5.91 Å². The fraction of sp³-hybridized carbons (Fsp3) is 0.667. The zero-order valence-electron chi connectivity index (χ0n) is 13.5. The molecule has 0 aliphatic carbocycles. The van der Waals surface area contributed by atoms with Gasteiger partial charge in [-0.3, -0.25) is 4.79 Å². The Morgan fingerprint density at radius 3 is 2.92 bits per heavy atom. The van der Waals surface area contributed by atoms with Crippen LogP contribution in [0.25, 0.3) is 0 Å². The minimum absolute atomic E-state index is 0.105. The molecule has 3 heterocycles. The second kappa shape index (κ2) is 7.92. The van der Waals surface area contributed by atoms with E-state index in [4.69, 9.17) is 4.74 Å². The first-order chi connectivity index (χ1) is 11.6. The Morgan fingerprint density at radius 1 is 1.42 bits per heavy atom. The van der Waals surface area contributed by atoms with Crippen molar-refractivity contribution in [3.8, 4) is 0 Å². The fourth-order valence-electron chi connectivity index (χ4n) is 3.01. The smallest absolute Gasteiger partial charge is 0.262 e. The van der Waals surface area contributed by atoms with Gasteiger partial charge in [-0.2, -0.15) is 4.31 Å². The SMILES string of the molecule is O=C(NCC1CCCNC1)c1sccc1S(=O)(=O)N1CCOCC1. The highest BCUT2D eigenvalue weighted by Crippen LogP contribution is 2.26. The Morgan fingerprint density at radius 2 is 2.21 bits per heavy atom. The molecule has 1 unspecified atom stereocenters. The maximum absolute atomic E-state index is 12.8. The molecule has 1 atom stereocenters. The van der Waals surface area contributed by atoms with Crippen molar-refractivity contribution >= 4 is 27.3 Å². The molecule has 24 heavy (non-hydrogen) atoms. The van der Waals surface area contributed by atoms with Crippen molar-refractivity contribution in [1.29, 1.82) is 0 Å². The molecule has 0 bridgehead atoms. The van der Waals surface area contributed by atoms with Gasteiger partial charge in [0.1, 0.15) is 9.77 Å². The highest BCUT2D eigenvalue weighted by Gasteiger charge is 2.31. The Labute approximate surface area is 146 Å². The number of carbonyl (C=O) groups is 1. The molecular formula is C15H23N3O4S2. The Kier molecular flexibility index (Phi) is 5.88. The topological polar surface area (TPSA) is 87.7 Å². The molecule has 0 spiro atoms. The number of sulfonamides is 1. The number of hydrogen-bond donors (Lipinski definition) is 2. The molecule has 134 valence electrons. The van der Waals surface area contributed by atoms with Crippen LogP contribution >= 0.6 is 11.3 Å². The van der Waals surface area contributed by atoms with E-state index < -0.39 is 10.0 Å². The van der Waals surface area contributed by atoms with Crippen molar-refractivity contribution in [2.24, 2.45) is 5.92 Å². The Hall–Kier alpha value is -1.00. The molecule has 1 aromatic rings. The van der Waals surface area contributed by atoms with Gasteiger partial charge in [-0.05, 0) is 43.3 Å². The Bertz CT molecular complexity index is 662. The third kappa shape index (κ3) is 3.97. The van der Waals surface area contributed by atoms with Crippen LogP contribution in [0.4, 0.5) is 0 Å². The van der Waals surface area contributed by atoms with Crippen LogP contribution in [0.2, 0.25) is 0 Å². The lowest BCUT2D eigenvalue weighted by Gasteiger charge is -2.26. The second-order valence-electron chi connectivity index (χ2n) is 6.05. The number of hydrogen-bond acceptors (Lipinski definition) is 6. The minimum atomic E-state index is -3.65. The van der Waals surface area contributed by atoms with Gasteiger partial charge < -0.3 is 15.4 Å². The summed E-state index contributed by atoms with van der Waals surface area (Å²) >= 11 is 1.17. The number of amides is 1. The van der Waals surface area contributed by atoms with Gasteiger partial charge in [0.05, 0.1) is 13.2 Å². The molecule has 2 saturated heterocycles. The van der Waals surface area contributed by atoms with Crippen LogP contribution in [-0.4, -0.2) is 64.6 Å². The standard InChI is InChI=1S/C15H23N3O4S2/c19-15(17-11-12-2-1-4-16-10-12)14-13(3-9-23-14)24(20,21)18-5-7-22-8-6-18/h3,9,12,16H,1-2,4-8,10-11H2,(H,17,19). The second-order valence-corrected chi connectivity index (χ2v) is 8.88. The molecule has 3 rings (SSSR count). The van der Waals surface area contributed by atoms with E-state index >= 15 is 0 Å². The predicted octanol–water partition coefficient (Wildman–Crippen LogP) is 0.498. The number of carbonyl (C=O) groups excluding carboxylic acids is 1. The summed E-state index contributed by atoms with van der Waals surface area (Å²) in [5.41, 5.74) is 0. The minimum Gasteiger partial charge on any atom is -0.379 e. The van der Waals surface area contributed by atoms with Crippen LogP contribution in [0.3, 0.4) is 0 Å². The average molecular weight is 374 g/mol. The third-order valence-corrected chi connectivity index (χ3v) is 7.36. The molecule has 7 nitrogen and oxygen atoms in total. The summed E-state index contributed by atoms with van der Waals surface area (Å²) in [5.74, 6) is 0.101. The van der Waals surface area contributed by atoms with Crippen molar-refractivity contribution < 1.29 is 17.9 Å². The van der Waals surface area contributed by atoms with Crippen LogP contribution in [0.15, 0.2) is 16.3 Å². The van der Waals surface area contributed by atoms with Crippen LogP contribution < -0.4 is 10.6 Å². The summed E-state index contributed by atoms with van der Waals surface area (Å²) in [6.07, 6.45) is 2.19. The van der Waals surface area contributed by atoms with Crippen LogP contribution in [0.1, 0.15) is 22.5 Å². The van der Waals surface area contributed by atoms with Crippen LogP contribution in [0.5, 0.6) is 0 Å². The predicted molar refractivity (Wildman–Crippen MR) is 91.8 cm³/mol. The van der Waals surface area contributed by atoms with Gasteiger partial charge in [0.15, 0.2) is 0 Å². The van der Waals surface area contributed by atoms with E-state index in [1.165, 1.54) is 21.7 Å². The molecule has 9 heteroatoms. The first-order valence-electron chi connectivity index (χ1n) is 8.23. The van der Waals surface area contributed by atoms with E-state index in [0.717, 1.165) is 25.9 Å². The van der Waals surface area contributed by atoms with E-state index in [2.05, 4.69) is 10.6 Å². The molecule has 0 aromatic carbocycles. The van der Waals surface area contributed by atoms with Crippen molar-refractivity contribution in [2.75, 3.05) is 45.9 Å². The fourth-order valence-corrected chi connectivity index (χ4v) is 5.73. The summed E-state index contributed by atoms with van der Waals surface area (Å²) in [6.45, 7) is 3.92. The molecule has 0 saturated carbocycles. The number of thiophene rings is 1. The first kappa shape index (κ1) is 17.8. The summed E-state index contributed by atoms with van der Waals surface area (Å²) in [7, 11) is -3.65. The zero-order valence-corrected chi connectivity index (χ0v) is 15.1. The average Bonchev–Trinajstić information content (AvgIpc) is 3.12. The van der Waals surface area contributed by atoms with E-state index in [-0.39, 0.29) is 15.7 Å². The number of morpholine rings is 1. The lowest BCUT2D eigenvalue weighted by molar-refractivity contribution is 0.0730. The van der Waals surface area contributed by atoms with Crippen molar-refractivity contribution in [3.63, 3.8) is 0 Å².